The van der Waals surface area contributed by atoms with E-state index >= 15 is 0 Å². The molecule has 214 valence electrons. The first kappa shape index (κ1) is 28.8. The smallest absolute Gasteiger partial charge is 0.266 e. The number of fused-ring (bicyclic) bond motifs is 1. The van der Waals surface area contributed by atoms with E-state index in [-0.39, 0.29) is 41.0 Å². The van der Waals surface area contributed by atoms with Crippen molar-refractivity contribution in [1.29, 1.82) is 0 Å². The average Bonchev–Trinajstić information content (AvgIpc) is 2.98. The van der Waals surface area contributed by atoms with Crippen LogP contribution >= 0.6 is 11.8 Å². The van der Waals surface area contributed by atoms with E-state index in [4.69, 9.17) is 14.5 Å². The maximum Gasteiger partial charge on any atom is 0.266 e. The van der Waals surface area contributed by atoms with Gasteiger partial charge in [-0.3, -0.25) is 14.2 Å². The van der Waals surface area contributed by atoms with Gasteiger partial charge in [-0.25, -0.2) is 13.4 Å². The number of ether oxygens (including phenoxy) is 2. The second-order valence-electron chi connectivity index (χ2n) is 9.49. The number of aromatic nitrogens is 2. The number of para-hydroxylation sites is 1. The fourth-order valence-corrected chi connectivity index (χ4v) is 6.82. The lowest BCUT2D eigenvalue weighted by Crippen LogP contribution is -2.40. The van der Waals surface area contributed by atoms with Gasteiger partial charge in [0.05, 0.1) is 53.2 Å². The van der Waals surface area contributed by atoms with E-state index in [2.05, 4.69) is 5.32 Å². The van der Waals surface area contributed by atoms with E-state index in [9.17, 15) is 18.0 Å². The first-order valence-electron chi connectivity index (χ1n) is 13.0. The van der Waals surface area contributed by atoms with E-state index in [1.807, 2.05) is 38.1 Å². The van der Waals surface area contributed by atoms with Gasteiger partial charge in [0.25, 0.3) is 5.56 Å². The monoisotopic (exact) mass is 594 g/mol. The molecule has 1 aliphatic heterocycles. The molecule has 0 atom stereocenters. The first-order valence-corrected chi connectivity index (χ1v) is 15.4. The largest absolute Gasteiger partial charge is 0.495 e. The molecule has 0 radical (unpaired) electrons. The lowest BCUT2D eigenvalue weighted by molar-refractivity contribution is -0.113. The number of rotatable bonds is 8. The highest BCUT2D eigenvalue weighted by Crippen LogP contribution is 2.30. The SMILES string of the molecule is COc1cc(S(=O)(=O)N2CCOCC2)ccc1NC(=O)CSc1nc2ccccc2c(=O)n1-c1cccc(C)c1C. The Balaban J connectivity index is 1.40. The Labute approximate surface area is 242 Å². The second kappa shape index (κ2) is 12.0. The number of anilines is 1. The maximum absolute atomic E-state index is 13.6. The van der Waals surface area contributed by atoms with Gasteiger partial charge in [0.15, 0.2) is 5.16 Å². The van der Waals surface area contributed by atoms with Gasteiger partial charge < -0.3 is 14.8 Å². The zero-order valence-corrected chi connectivity index (χ0v) is 24.5. The molecule has 3 aromatic carbocycles. The van der Waals surface area contributed by atoms with Gasteiger partial charge in [-0.05, 0) is 55.3 Å². The molecule has 1 fully saturated rings. The molecule has 0 aliphatic carbocycles. The number of hydrogen-bond acceptors (Lipinski definition) is 8. The van der Waals surface area contributed by atoms with Gasteiger partial charge in [0.1, 0.15) is 5.75 Å². The van der Waals surface area contributed by atoms with E-state index < -0.39 is 10.0 Å². The van der Waals surface area contributed by atoms with E-state index in [0.29, 0.717) is 40.6 Å². The van der Waals surface area contributed by atoms with Crippen LogP contribution in [0.5, 0.6) is 5.75 Å². The van der Waals surface area contributed by atoms with Crippen molar-refractivity contribution in [3.63, 3.8) is 0 Å². The predicted octanol–water partition coefficient (Wildman–Crippen LogP) is 3.76. The van der Waals surface area contributed by atoms with E-state index in [1.54, 1.807) is 22.8 Å². The maximum atomic E-state index is 13.6. The van der Waals surface area contributed by atoms with Crippen molar-refractivity contribution in [3.8, 4) is 11.4 Å². The highest BCUT2D eigenvalue weighted by atomic mass is 32.2. The number of nitrogens with zero attached hydrogens (tertiary/aromatic N) is 3. The number of carbonyl (C=O) groups excluding carboxylic acids is 1. The van der Waals surface area contributed by atoms with Crippen molar-refractivity contribution in [3.05, 3.63) is 82.1 Å². The zero-order chi connectivity index (χ0) is 29.1. The molecule has 10 nitrogen and oxygen atoms in total. The summed E-state index contributed by atoms with van der Waals surface area (Å²) in [6, 6.07) is 17.2. The standard InChI is InChI=1S/C29H30N4O6S2/c1-19-7-6-10-25(20(19)2)33-28(35)22-8-4-5-9-23(22)31-29(33)40-18-27(34)30-24-12-11-21(17-26(24)38-3)41(36,37)32-13-15-39-16-14-32/h4-12,17H,13-16,18H2,1-3H3,(H,30,34). The number of aryl methyl sites for hydroxylation is 1. The first-order chi connectivity index (χ1) is 19.7. The number of hydrogen-bond donors (Lipinski definition) is 1. The Morgan fingerprint density at radius 2 is 1.83 bits per heavy atom. The Hall–Kier alpha value is -3.71. The number of nitrogens with one attached hydrogen (secondary N) is 1. The third-order valence-electron chi connectivity index (χ3n) is 6.95. The number of sulfonamides is 1. The lowest BCUT2D eigenvalue weighted by atomic mass is 10.1. The zero-order valence-electron chi connectivity index (χ0n) is 22.9. The summed E-state index contributed by atoms with van der Waals surface area (Å²) in [7, 11) is -2.32. The van der Waals surface area contributed by atoms with Gasteiger partial charge in [-0.15, -0.1) is 0 Å². The summed E-state index contributed by atoms with van der Waals surface area (Å²) >= 11 is 1.14. The molecule has 1 aliphatic rings. The number of morpholine rings is 1. The highest BCUT2D eigenvalue weighted by Gasteiger charge is 2.27. The van der Waals surface area contributed by atoms with Crippen molar-refractivity contribution in [1.82, 2.24) is 13.9 Å². The summed E-state index contributed by atoms with van der Waals surface area (Å²) < 4.78 is 39.7. The van der Waals surface area contributed by atoms with Crippen LogP contribution in [-0.2, 0) is 19.6 Å². The minimum absolute atomic E-state index is 0.0490. The van der Waals surface area contributed by atoms with Crippen LogP contribution in [0, 0.1) is 13.8 Å². The summed E-state index contributed by atoms with van der Waals surface area (Å²) in [5.41, 5.74) is 3.33. The predicted molar refractivity (Wildman–Crippen MR) is 159 cm³/mol. The molecule has 0 spiro atoms. The van der Waals surface area contributed by atoms with Crippen LogP contribution in [0.1, 0.15) is 11.1 Å². The molecule has 1 saturated heterocycles. The van der Waals surface area contributed by atoms with Gasteiger partial charge >= 0.3 is 0 Å². The van der Waals surface area contributed by atoms with Crippen LogP contribution in [0.3, 0.4) is 0 Å². The minimum Gasteiger partial charge on any atom is -0.495 e. The Kier molecular flexibility index (Phi) is 8.45. The number of amides is 1. The van der Waals surface area contributed by atoms with Crippen LogP contribution in [0.25, 0.3) is 16.6 Å². The lowest BCUT2D eigenvalue weighted by Gasteiger charge is -2.26. The summed E-state index contributed by atoms with van der Waals surface area (Å²) in [6.45, 7) is 5.15. The molecule has 2 heterocycles. The van der Waals surface area contributed by atoms with Crippen molar-refractivity contribution in [2.45, 2.75) is 23.9 Å². The van der Waals surface area contributed by atoms with Crippen LogP contribution in [0.4, 0.5) is 5.69 Å². The Morgan fingerprint density at radius 3 is 2.59 bits per heavy atom. The van der Waals surface area contributed by atoms with Gasteiger partial charge in [0.2, 0.25) is 15.9 Å². The number of benzene rings is 3. The van der Waals surface area contributed by atoms with Gasteiger partial charge in [0, 0.05) is 19.2 Å². The second-order valence-corrected chi connectivity index (χ2v) is 12.4. The summed E-state index contributed by atoms with van der Waals surface area (Å²) in [5.74, 6) is -0.201. The fourth-order valence-electron chi connectivity index (χ4n) is 4.59. The normalized spacial score (nSPS) is 14.2. The highest BCUT2D eigenvalue weighted by molar-refractivity contribution is 7.99. The molecule has 0 saturated carbocycles. The average molecular weight is 595 g/mol. The molecule has 1 N–H and O–H groups in total. The molecular weight excluding hydrogens is 564 g/mol. The molecule has 5 rings (SSSR count). The molecule has 1 aromatic heterocycles. The summed E-state index contributed by atoms with van der Waals surface area (Å²) in [4.78, 5) is 31.4. The topological polar surface area (TPSA) is 120 Å². The molecule has 41 heavy (non-hydrogen) atoms. The summed E-state index contributed by atoms with van der Waals surface area (Å²) in [5, 5.41) is 3.66. The fraction of sp³-hybridized carbons (Fsp3) is 0.276. The molecule has 4 aromatic rings. The van der Waals surface area contributed by atoms with E-state index in [1.165, 1.54) is 29.6 Å². The van der Waals surface area contributed by atoms with Crippen LogP contribution < -0.4 is 15.6 Å². The Morgan fingerprint density at radius 1 is 1.07 bits per heavy atom. The Bertz CT molecular complexity index is 1780. The third kappa shape index (κ3) is 5.87. The molecule has 12 heteroatoms. The van der Waals surface area contributed by atoms with Crippen molar-refractivity contribution in [2.24, 2.45) is 0 Å². The molecular formula is C29H30N4O6S2. The molecule has 0 unspecified atom stereocenters. The molecule has 0 bridgehead atoms. The van der Waals surface area contributed by atoms with Gasteiger partial charge in [-0.1, -0.05) is 36.0 Å². The third-order valence-corrected chi connectivity index (χ3v) is 9.78. The van der Waals surface area contributed by atoms with E-state index in [0.717, 1.165) is 22.9 Å². The van der Waals surface area contributed by atoms with Crippen molar-refractivity contribution in [2.75, 3.05) is 44.5 Å². The minimum atomic E-state index is -3.73. The number of methoxy groups -OCH3 is 1. The van der Waals surface area contributed by atoms with Crippen molar-refractivity contribution < 1.29 is 22.7 Å². The van der Waals surface area contributed by atoms with Crippen molar-refractivity contribution >= 4 is 44.3 Å². The van der Waals surface area contributed by atoms with Gasteiger partial charge in [-0.2, -0.15) is 4.31 Å². The van der Waals surface area contributed by atoms with Crippen LogP contribution in [0.2, 0.25) is 0 Å². The number of carbonyl (C=O) groups is 1. The van der Waals surface area contributed by atoms with Crippen LogP contribution in [-0.4, -0.2) is 67.3 Å². The quantitative estimate of drug-likeness (QED) is 0.242. The van der Waals surface area contributed by atoms with Crippen LogP contribution in [0.15, 0.2) is 75.5 Å². The molecule has 1 amide bonds. The number of thioether (sulfide) groups is 1. The summed E-state index contributed by atoms with van der Waals surface area (Å²) in [6.07, 6.45) is 0.